The first-order valence-electron chi connectivity index (χ1n) is 1.38. The van der Waals surface area contributed by atoms with Gasteiger partial charge in [-0.05, 0) is 0 Å². The maximum absolute atomic E-state index is 7.69. The third-order valence-electron chi connectivity index (χ3n) is 0.218. The zero-order valence-corrected chi connectivity index (χ0v) is 3.81. The molecule has 0 aliphatic rings. The predicted octanol–water partition coefficient (Wildman–Crippen LogP) is 0.190. The molecule has 6 heavy (non-hydrogen) atoms. The summed E-state index contributed by atoms with van der Waals surface area (Å²) in [7, 11) is 0. The van der Waals surface area contributed by atoms with E-state index in [1.54, 1.807) is 5.59 Å². The molecule has 4 heteroatoms. The van der Waals surface area contributed by atoms with Crippen molar-refractivity contribution in [2.75, 3.05) is 5.88 Å². The lowest BCUT2D eigenvalue weighted by Gasteiger charge is -1.77. The molecule has 0 bridgehead atoms. The molecule has 0 aromatic heterocycles. The molecule has 2 N–H and O–H groups in total. The molecule has 0 saturated heterocycles. The monoisotopic (exact) mass is 108 g/mol. The number of hydrogen-bond donors (Lipinski definition) is 2. The molecule has 0 aliphatic heterocycles. The van der Waals surface area contributed by atoms with Crippen LogP contribution in [0.5, 0.6) is 0 Å². The van der Waals surface area contributed by atoms with E-state index in [4.69, 9.17) is 16.8 Å². The van der Waals surface area contributed by atoms with Crippen molar-refractivity contribution in [3.8, 4) is 0 Å². The second-order valence-corrected chi connectivity index (χ2v) is 0.875. The molecular formula is C2H5ClN2O. The molecule has 0 saturated carbocycles. The van der Waals surface area contributed by atoms with E-state index in [0.717, 1.165) is 0 Å². The molecule has 0 amide bonds. The van der Waals surface area contributed by atoms with Crippen molar-refractivity contribution in [1.29, 1.82) is 0 Å². The predicted molar refractivity (Wildman–Crippen MR) is 24.1 cm³/mol. The number of nitrogens with one attached hydrogen (secondary N) is 1. The first-order chi connectivity index (χ1) is 2.91. The molecule has 0 aromatic carbocycles. The van der Waals surface area contributed by atoms with Crippen LogP contribution < -0.4 is 5.59 Å². The average Bonchev–Trinajstić information content (AvgIpc) is 1.61. The maximum atomic E-state index is 7.69. The van der Waals surface area contributed by atoms with Crippen molar-refractivity contribution < 1.29 is 5.21 Å². The van der Waals surface area contributed by atoms with Gasteiger partial charge in [0.15, 0.2) is 0 Å². The SMILES string of the molecule is ONN=CCCl. The fraction of sp³-hybridized carbons (Fsp3) is 0.500. The summed E-state index contributed by atoms with van der Waals surface area (Å²) in [6.07, 6.45) is 1.33. The van der Waals surface area contributed by atoms with E-state index < -0.39 is 0 Å². The molecule has 0 unspecified atom stereocenters. The molecule has 0 spiro atoms. The van der Waals surface area contributed by atoms with Crippen LogP contribution in [0.3, 0.4) is 0 Å². The summed E-state index contributed by atoms with van der Waals surface area (Å²) in [5, 5.41) is 10.8. The van der Waals surface area contributed by atoms with Gasteiger partial charge in [0.1, 0.15) is 0 Å². The minimum Gasteiger partial charge on any atom is -0.274 e. The van der Waals surface area contributed by atoms with E-state index in [2.05, 4.69) is 5.10 Å². The summed E-state index contributed by atoms with van der Waals surface area (Å²) in [6.45, 7) is 0. The Bertz CT molecular complexity index is 40.8. The molecule has 0 aliphatic carbocycles. The van der Waals surface area contributed by atoms with Gasteiger partial charge in [-0.2, -0.15) is 10.7 Å². The highest BCUT2D eigenvalue weighted by molar-refractivity contribution is 6.24. The van der Waals surface area contributed by atoms with Crippen molar-refractivity contribution >= 4 is 17.8 Å². The Morgan fingerprint density at radius 2 is 2.67 bits per heavy atom. The lowest BCUT2D eigenvalue weighted by Crippen LogP contribution is -1.94. The van der Waals surface area contributed by atoms with Crippen LogP contribution in [0.2, 0.25) is 0 Å². The van der Waals surface area contributed by atoms with Gasteiger partial charge in [-0.15, -0.1) is 11.6 Å². The van der Waals surface area contributed by atoms with Crippen molar-refractivity contribution in [3.63, 3.8) is 0 Å². The fourth-order valence-electron chi connectivity index (χ4n) is 0.0753. The third kappa shape index (κ3) is 3.72. The van der Waals surface area contributed by atoms with E-state index >= 15 is 0 Å². The van der Waals surface area contributed by atoms with Gasteiger partial charge in [-0.1, -0.05) is 0 Å². The number of nitrogens with zero attached hydrogens (tertiary/aromatic N) is 1. The largest absolute Gasteiger partial charge is 0.274 e. The Labute approximate surface area is 40.6 Å². The molecule has 0 fully saturated rings. The molecule has 0 radical (unpaired) electrons. The van der Waals surface area contributed by atoms with Crippen LogP contribution in [-0.4, -0.2) is 17.3 Å². The van der Waals surface area contributed by atoms with Crippen LogP contribution >= 0.6 is 11.6 Å². The normalized spacial score (nSPS) is 9.67. The van der Waals surface area contributed by atoms with Crippen molar-refractivity contribution in [3.05, 3.63) is 0 Å². The van der Waals surface area contributed by atoms with Gasteiger partial charge in [-0.3, -0.25) is 5.21 Å². The average molecular weight is 109 g/mol. The minimum atomic E-state index is 0.313. The smallest absolute Gasteiger partial charge is 0.0596 e. The van der Waals surface area contributed by atoms with Crippen molar-refractivity contribution in [2.45, 2.75) is 0 Å². The summed E-state index contributed by atoms with van der Waals surface area (Å²) in [5.41, 5.74) is 1.55. The number of hydrogen-bond acceptors (Lipinski definition) is 3. The summed E-state index contributed by atoms with van der Waals surface area (Å²) < 4.78 is 0. The van der Waals surface area contributed by atoms with Gasteiger partial charge in [-0.25, -0.2) is 0 Å². The topological polar surface area (TPSA) is 44.6 Å². The molecular weight excluding hydrogens is 103 g/mol. The van der Waals surface area contributed by atoms with Gasteiger partial charge >= 0.3 is 0 Å². The Morgan fingerprint density at radius 3 is 2.83 bits per heavy atom. The van der Waals surface area contributed by atoms with E-state index in [1.807, 2.05) is 0 Å². The zero-order valence-electron chi connectivity index (χ0n) is 3.06. The number of halogens is 1. The minimum absolute atomic E-state index is 0.313. The van der Waals surface area contributed by atoms with E-state index in [-0.39, 0.29) is 0 Å². The zero-order chi connectivity index (χ0) is 4.83. The van der Waals surface area contributed by atoms with Gasteiger partial charge in [0.05, 0.1) is 5.88 Å². The lowest BCUT2D eigenvalue weighted by molar-refractivity contribution is 0.172. The van der Waals surface area contributed by atoms with Crippen LogP contribution in [0.25, 0.3) is 0 Å². The summed E-state index contributed by atoms with van der Waals surface area (Å²) in [4.78, 5) is 0. The van der Waals surface area contributed by atoms with Crippen LogP contribution in [0.4, 0.5) is 0 Å². The second kappa shape index (κ2) is 4.72. The molecule has 0 aromatic rings. The lowest BCUT2D eigenvalue weighted by atomic mass is 10.9. The van der Waals surface area contributed by atoms with Gasteiger partial charge in [0, 0.05) is 6.21 Å². The summed E-state index contributed by atoms with van der Waals surface area (Å²) in [5.74, 6) is 0.313. The number of alkyl halides is 1. The van der Waals surface area contributed by atoms with Crippen LogP contribution in [0, 0.1) is 0 Å². The highest BCUT2D eigenvalue weighted by Gasteiger charge is 1.60. The maximum Gasteiger partial charge on any atom is 0.0596 e. The van der Waals surface area contributed by atoms with Gasteiger partial charge < -0.3 is 0 Å². The first-order valence-corrected chi connectivity index (χ1v) is 1.92. The van der Waals surface area contributed by atoms with Gasteiger partial charge in [0.2, 0.25) is 0 Å². The van der Waals surface area contributed by atoms with Crippen molar-refractivity contribution in [1.82, 2.24) is 5.59 Å². The molecule has 0 rings (SSSR count). The molecule has 0 atom stereocenters. The number of hydrazone groups is 1. The van der Waals surface area contributed by atoms with Gasteiger partial charge in [0.25, 0.3) is 0 Å². The van der Waals surface area contributed by atoms with Crippen LogP contribution in [0.15, 0.2) is 5.10 Å². The van der Waals surface area contributed by atoms with E-state index in [9.17, 15) is 0 Å². The molecule has 0 heterocycles. The fourth-order valence-corrected chi connectivity index (χ4v) is 0.144. The summed E-state index contributed by atoms with van der Waals surface area (Å²) in [6, 6.07) is 0. The second-order valence-electron chi connectivity index (χ2n) is 0.566. The van der Waals surface area contributed by atoms with Crippen LogP contribution in [-0.2, 0) is 0 Å². The number of rotatable bonds is 2. The van der Waals surface area contributed by atoms with Crippen molar-refractivity contribution in [2.24, 2.45) is 5.10 Å². The Hall–Kier alpha value is -0.280. The highest BCUT2D eigenvalue weighted by atomic mass is 35.5. The molecule has 3 nitrogen and oxygen atoms in total. The Morgan fingerprint density at radius 1 is 2.00 bits per heavy atom. The van der Waals surface area contributed by atoms with E-state index in [1.165, 1.54) is 6.21 Å². The first kappa shape index (κ1) is 5.72. The Balaban J connectivity index is 2.73. The molecule has 36 valence electrons. The summed E-state index contributed by atoms with van der Waals surface area (Å²) >= 11 is 5.08. The third-order valence-corrected chi connectivity index (χ3v) is 0.356. The standard InChI is InChI=1S/C2H5ClN2O/c3-1-2-4-5-6/h2,5-6H,1H2. The highest BCUT2D eigenvalue weighted by Crippen LogP contribution is 1.62. The quantitative estimate of drug-likeness (QED) is 0.301. The van der Waals surface area contributed by atoms with Crippen LogP contribution in [0.1, 0.15) is 0 Å². The Kier molecular flexibility index (Phi) is 4.50. The van der Waals surface area contributed by atoms with E-state index in [0.29, 0.717) is 5.88 Å².